The Morgan fingerprint density at radius 1 is 1.00 bits per heavy atom. The molecule has 1 aromatic carbocycles. The first-order chi connectivity index (χ1) is 6.79. The van der Waals surface area contributed by atoms with Crippen LogP contribution in [0.4, 0.5) is 0 Å². The van der Waals surface area contributed by atoms with Crippen molar-refractivity contribution in [3.63, 3.8) is 0 Å². The molecule has 1 nitrogen and oxygen atoms in total. The first-order valence-corrected chi connectivity index (χ1v) is 9.00. The molecule has 0 aliphatic carbocycles. The van der Waals surface area contributed by atoms with Gasteiger partial charge < -0.3 is 4.98 Å². The summed E-state index contributed by atoms with van der Waals surface area (Å²) in [5.74, 6) is 0. The van der Waals surface area contributed by atoms with Crippen LogP contribution in [0.25, 0.3) is 4.98 Å². The van der Waals surface area contributed by atoms with E-state index in [1.165, 1.54) is 22.3 Å². The summed E-state index contributed by atoms with van der Waals surface area (Å²) in [4.78, 5) is 4.82. The molecule has 1 rings (SSSR count). The van der Waals surface area contributed by atoms with E-state index in [1.54, 1.807) is 0 Å². The van der Waals surface area contributed by atoms with Gasteiger partial charge >= 0.3 is 18.9 Å². The van der Waals surface area contributed by atoms with Gasteiger partial charge in [0, 0.05) is 0 Å². The molecule has 0 aliphatic heterocycles. The van der Waals surface area contributed by atoms with Crippen molar-refractivity contribution in [1.29, 1.82) is 0 Å². The van der Waals surface area contributed by atoms with E-state index in [0.717, 1.165) is 6.54 Å². The molecule has 16 heavy (non-hydrogen) atoms. The molecule has 0 amide bonds. The van der Waals surface area contributed by atoms with Crippen LogP contribution in [0.15, 0.2) is 12.1 Å². The second kappa shape index (κ2) is 6.07. The van der Waals surface area contributed by atoms with Crippen LogP contribution in [0.5, 0.6) is 0 Å². The van der Waals surface area contributed by atoms with Gasteiger partial charge in [0.15, 0.2) is 0 Å². The second-order valence-electron chi connectivity index (χ2n) is 5.36. The van der Waals surface area contributed by atoms with Crippen LogP contribution in [-0.4, -0.2) is 8.24 Å². The number of aryl methyl sites for hydroxylation is 3. The standard InChI is InChI=1S/C13H22NSi.Li/c1-10-7-11(2)13(12(3)8-10)9-14-15(4,5)6;/h7-8H,9H2,1-6H3;/q-1;+1. The first kappa shape index (κ1) is 16.0. The molecule has 0 saturated heterocycles. The van der Waals surface area contributed by atoms with E-state index in [4.69, 9.17) is 4.98 Å². The molecule has 0 heterocycles. The summed E-state index contributed by atoms with van der Waals surface area (Å²) in [7, 11) is -1.27. The first-order valence-electron chi connectivity index (χ1n) is 5.55. The SMILES string of the molecule is Cc1cc(C)c(C[N-][Si](C)(C)C)c(C)c1.[Li+]. The van der Waals surface area contributed by atoms with Gasteiger partial charge in [-0.15, -0.1) is 6.54 Å². The zero-order chi connectivity index (χ0) is 11.6. The molecule has 0 radical (unpaired) electrons. The molecular formula is C13H22LiNSi. The summed E-state index contributed by atoms with van der Waals surface area (Å²) in [6, 6.07) is 4.50. The average molecular weight is 227 g/mol. The normalized spacial score (nSPS) is 11.1. The summed E-state index contributed by atoms with van der Waals surface area (Å²) < 4.78 is 0. The van der Waals surface area contributed by atoms with Crippen molar-refractivity contribution in [1.82, 2.24) is 0 Å². The molecular weight excluding hydrogens is 205 g/mol. The van der Waals surface area contributed by atoms with Gasteiger partial charge in [-0.3, -0.25) is 0 Å². The van der Waals surface area contributed by atoms with E-state index in [0.29, 0.717) is 0 Å². The number of rotatable bonds is 3. The fourth-order valence-corrected chi connectivity index (χ4v) is 2.41. The molecule has 1 aromatic rings. The molecule has 0 atom stereocenters. The van der Waals surface area contributed by atoms with Crippen LogP contribution in [0, 0.1) is 20.8 Å². The molecule has 0 N–H and O–H groups in total. The predicted octanol–water partition coefficient (Wildman–Crippen LogP) is 1.32. The van der Waals surface area contributed by atoms with Crippen LogP contribution < -0.4 is 18.9 Å². The Morgan fingerprint density at radius 3 is 1.81 bits per heavy atom. The van der Waals surface area contributed by atoms with Gasteiger partial charge in [0.25, 0.3) is 0 Å². The Kier molecular flexibility index (Phi) is 6.07. The second-order valence-corrected chi connectivity index (χ2v) is 10.0. The zero-order valence-electron chi connectivity index (χ0n) is 11.8. The topological polar surface area (TPSA) is 14.1 Å². The Morgan fingerprint density at radius 2 is 1.44 bits per heavy atom. The van der Waals surface area contributed by atoms with Crippen LogP contribution in [0.3, 0.4) is 0 Å². The molecule has 0 bridgehead atoms. The summed E-state index contributed by atoms with van der Waals surface area (Å²) in [6.45, 7) is 14.3. The van der Waals surface area contributed by atoms with Crippen molar-refractivity contribution in [2.45, 2.75) is 47.0 Å². The van der Waals surface area contributed by atoms with Crippen LogP contribution in [-0.2, 0) is 6.54 Å². The van der Waals surface area contributed by atoms with Gasteiger partial charge in [-0.1, -0.05) is 51.1 Å². The molecule has 3 heteroatoms. The number of hydrogen-bond acceptors (Lipinski definition) is 0. The quantitative estimate of drug-likeness (QED) is 0.692. The largest absolute Gasteiger partial charge is 1.00 e. The molecule has 0 spiro atoms. The van der Waals surface area contributed by atoms with E-state index >= 15 is 0 Å². The van der Waals surface area contributed by atoms with E-state index in [-0.39, 0.29) is 18.9 Å². The number of benzene rings is 1. The monoisotopic (exact) mass is 227 g/mol. The van der Waals surface area contributed by atoms with Gasteiger partial charge in [0.05, 0.1) is 0 Å². The summed E-state index contributed by atoms with van der Waals surface area (Å²) in [6.07, 6.45) is 0. The fourth-order valence-electron chi connectivity index (χ4n) is 1.78. The Hall–Kier alpha value is -0.00571. The smallest absolute Gasteiger partial charge is 0.661 e. The van der Waals surface area contributed by atoms with Gasteiger partial charge in [-0.25, -0.2) is 0 Å². The van der Waals surface area contributed by atoms with Crippen molar-refractivity contribution in [3.8, 4) is 0 Å². The van der Waals surface area contributed by atoms with Crippen LogP contribution in [0.2, 0.25) is 19.6 Å². The third kappa shape index (κ3) is 4.88. The van der Waals surface area contributed by atoms with Crippen molar-refractivity contribution in [2.24, 2.45) is 0 Å². The molecule has 0 saturated carbocycles. The average Bonchev–Trinajstić information content (AvgIpc) is 1.99. The van der Waals surface area contributed by atoms with Gasteiger partial charge in [-0.2, -0.15) is 0 Å². The van der Waals surface area contributed by atoms with Crippen LogP contribution in [0.1, 0.15) is 22.3 Å². The Balaban J connectivity index is 0.00000225. The minimum absolute atomic E-state index is 0. The van der Waals surface area contributed by atoms with E-state index in [2.05, 4.69) is 52.5 Å². The van der Waals surface area contributed by atoms with Crippen molar-refractivity contribution < 1.29 is 18.9 Å². The molecule has 84 valence electrons. The maximum Gasteiger partial charge on any atom is 1.00 e. The molecule has 0 fully saturated rings. The third-order valence-corrected chi connectivity index (χ3v) is 3.66. The van der Waals surface area contributed by atoms with Crippen molar-refractivity contribution in [2.75, 3.05) is 0 Å². The summed E-state index contributed by atoms with van der Waals surface area (Å²) in [5.41, 5.74) is 5.54. The Labute approximate surface area is 113 Å². The van der Waals surface area contributed by atoms with Gasteiger partial charge in [-0.05, 0) is 31.9 Å². The maximum absolute atomic E-state index is 4.82. The third-order valence-electron chi connectivity index (χ3n) is 2.55. The maximum atomic E-state index is 4.82. The minimum atomic E-state index is -1.27. The predicted molar refractivity (Wildman–Crippen MR) is 71.1 cm³/mol. The van der Waals surface area contributed by atoms with Gasteiger partial charge in [0.1, 0.15) is 0 Å². The van der Waals surface area contributed by atoms with E-state index < -0.39 is 8.24 Å². The molecule has 0 aromatic heterocycles. The Bertz CT molecular complexity index is 332. The summed E-state index contributed by atoms with van der Waals surface area (Å²) >= 11 is 0. The van der Waals surface area contributed by atoms with Crippen molar-refractivity contribution >= 4 is 8.24 Å². The number of hydrogen-bond donors (Lipinski definition) is 0. The van der Waals surface area contributed by atoms with E-state index in [1.807, 2.05) is 0 Å². The fraction of sp³-hybridized carbons (Fsp3) is 0.538. The summed E-state index contributed by atoms with van der Waals surface area (Å²) in [5, 5.41) is 0. The molecule has 0 aliphatic rings. The minimum Gasteiger partial charge on any atom is -0.661 e. The zero-order valence-corrected chi connectivity index (χ0v) is 12.8. The number of nitrogens with zero attached hydrogens (tertiary/aromatic N) is 1. The van der Waals surface area contributed by atoms with E-state index in [9.17, 15) is 0 Å². The van der Waals surface area contributed by atoms with Crippen molar-refractivity contribution in [3.05, 3.63) is 39.4 Å². The van der Waals surface area contributed by atoms with Crippen LogP contribution >= 0.6 is 0 Å². The van der Waals surface area contributed by atoms with Gasteiger partial charge in [0.2, 0.25) is 0 Å². The molecule has 0 unspecified atom stereocenters.